The molecule has 0 saturated heterocycles. The lowest BCUT2D eigenvalue weighted by Crippen LogP contribution is -2.27. The Balaban J connectivity index is 2.12. The van der Waals surface area contributed by atoms with Crippen molar-refractivity contribution >= 4 is 11.6 Å². The van der Waals surface area contributed by atoms with Gasteiger partial charge in [0.15, 0.2) is 0 Å². The molecular weight excluding hydrogens is 262 g/mol. The van der Waals surface area contributed by atoms with Gasteiger partial charge in [0, 0.05) is 30.1 Å². The van der Waals surface area contributed by atoms with Crippen molar-refractivity contribution in [3.05, 3.63) is 28.3 Å². The van der Waals surface area contributed by atoms with E-state index in [1.54, 1.807) is 0 Å². The summed E-state index contributed by atoms with van der Waals surface area (Å²) in [5.41, 5.74) is 2.35. The van der Waals surface area contributed by atoms with E-state index in [4.69, 9.17) is 21.4 Å². The van der Waals surface area contributed by atoms with Crippen LogP contribution in [-0.2, 0) is 13.0 Å². The van der Waals surface area contributed by atoms with Crippen molar-refractivity contribution in [1.82, 2.24) is 4.90 Å². The van der Waals surface area contributed by atoms with E-state index in [1.807, 2.05) is 12.1 Å². The molecule has 4 heteroatoms. The lowest BCUT2D eigenvalue weighted by Gasteiger charge is -2.22. The number of hydrogen-bond acceptors (Lipinski definition) is 3. The number of ether oxygens (including phenoxy) is 1. The van der Waals surface area contributed by atoms with E-state index in [0.29, 0.717) is 6.54 Å². The average molecular weight is 284 g/mol. The van der Waals surface area contributed by atoms with Gasteiger partial charge >= 0.3 is 0 Å². The van der Waals surface area contributed by atoms with Gasteiger partial charge in [-0.1, -0.05) is 24.9 Å². The van der Waals surface area contributed by atoms with Crippen LogP contribution in [0.2, 0.25) is 5.02 Å². The largest absolute Gasteiger partial charge is 0.493 e. The molecule has 19 heavy (non-hydrogen) atoms. The first-order valence-electron chi connectivity index (χ1n) is 7.02. The predicted molar refractivity (Wildman–Crippen MR) is 77.9 cm³/mol. The van der Waals surface area contributed by atoms with Gasteiger partial charge in [-0.15, -0.1) is 0 Å². The first-order chi connectivity index (χ1) is 9.24. The first-order valence-corrected chi connectivity index (χ1v) is 7.39. The second kappa shape index (κ2) is 7.13. The van der Waals surface area contributed by atoms with Gasteiger partial charge in [-0.3, -0.25) is 4.90 Å². The second-order valence-corrected chi connectivity index (χ2v) is 5.44. The van der Waals surface area contributed by atoms with Crippen LogP contribution in [0.15, 0.2) is 12.1 Å². The molecule has 1 aliphatic rings. The van der Waals surface area contributed by atoms with Crippen molar-refractivity contribution in [3.63, 3.8) is 0 Å². The first kappa shape index (κ1) is 14.6. The molecule has 0 saturated carbocycles. The van der Waals surface area contributed by atoms with Gasteiger partial charge in [0.05, 0.1) is 13.2 Å². The third-order valence-electron chi connectivity index (χ3n) is 3.46. The predicted octanol–water partition coefficient (Wildman–Crippen LogP) is 2.87. The number of aliphatic hydroxyl groups is 1. The minimum absolute atomic E-state index is 0.188. The van der Waals surface area contributed by atoms with Gasteiger partial charge in [0.25, 0.3) is 0 Å². The van der Waals surface area contributed by atoms with Gasteiger partial charge in [-0.05, 0) is 30.7 Å². The molecule has 1 N–H and O–H groups in total. The highest BCUT2D eigenvalue weighted by Gasteiger charge is 2.19. The van der Waals surface area contributed by atoms with E-state index in [9.17, 15) is 0 Å². The Kier molecular flexibility index (Phi) is 5.49. The Bertz CT molecular complexity index is 423. The number of nitrogens with zero attached hydrogens (tertiary/aromatic N) is 1. The minimum atomic E-state index is 0.188. The molecule has 1 heterocycles. The smallest absolute Gasteiger partial charge is 0.127 e. The summed E-state index contributed by atoms with van der Waals surface area (Å²) in [5, 5.41) is 9.94. The van der Waals surface area contributed by atoms with E-state index < -0.39 is 0 Å². The molecule has 1 aromatic rings. The Labute approximate surface area is 120 Å². The molecule has 0 aromatic heterocycles. The van der Waals surface area contributed by atoms with Crippen molar-refractivity contribution in [1.29, 1.82) is 0 Å². The highest BCUT2D eigenvalue weighted by molar-refractivity contribution is 6.30. The average Bonchev–Trinajstić information content (AvgIpc) is 2.84. The summed E-state index contributed by atoms with van der Waals surface area (Å²) in [6.45, 7) is 5.60. The number of unbranched alkanes of at least 4 members (excludes halogenated alkanes) is 1. The summed E-state index contributed by atoms with van der Waals surface area (Å²) in [4.78, 5) is 2.26. The van der Waals surface area contributed by atoms with Crippen molar-refractivity contribution in [2.24, 2.45) is 0 Å². The van der Waals surface area contributed by atoms with E-state index in [0.717, 1.165) is 55.3 Å². The fraction of sp³-hybridized carbons (Fsp3) is 0.600. The maximum Gasteiger partial charge on any atom is 0.127 e. The zero-order valence-corrected chi connectivity index (χ0v) is 12.2. The summed E-state index contributed by atoms with van der Waals surface area (Å²) >= 11 is 6.17. The summed E-state index contributed by atoms with van der Waals surface area (Å²) in [6, 6.07) is 3.98. The fourth-order valence-corrected chi connectivity index (χ4v) is 2.76. The molecule has 1 aromatic carbocycles. The lowest BCUT2D eigenvalue weighted by atomic mass is 10.1. The molecule has 2 rings (SSSR count). The summed E-state index contributed by atoms with van der Waals surface area (Å²) < 4.78 is 5.72. The SMILES string of the molecule is CCCCN(CCO)Cc1cc(Cl)cc2c1OCC2. The Hall–Kier alpha value is -0.770. The van der Waals surface area contributed by atoms with Gasteiger partial charge < -0.3 is 9.84 Å². The maximum absolute atomic E-state index is 9.16. The third-order valence-corrected chi connectivity index (χ3v) is 3.68. The zero-order valence-electron chi connectivity index (χ0n) is 11.5. The Morgan fingerprint density at radius 1 is 1.37 bits per heavy atom. The number of aliphatic hydroxyl groups excluding tert-OH is 1. The van der Waals surface area contributed by atoms with Crippen LogP contribution in [0.3, 0.4) is 0 Å². The van der Waals surface area contributed by atoms with Crippen molar-refractivity contribution in [2.75, 3.05) is 26.3 Å². The monoisotopic (exact) mass is 283 g/mol. The molecule has 0 fully saturated rings. The summed E-state index contributed by atoms with van der Waals surface area (Å²) in [6.07, 6.45) is 3.24. The Morgan fingerprint density at radius 3 is 2.95 bits per heavy atom. The second-order valence-electron chi connectivity index (χ2n) is 5.00. The van der Waals surface area contributed by atoms with E-state index in [1.165, 1.54) is 5.56 Å². The van der Waals surface area contributed by atoms with Crippen LogP contribution in [-0.4, -0.2) is 36.3 Å². The number of halogens is 1. The molecule has 0 bridgehead atoms. The number of benzene rings is 1. The van der Waals surface area contributed by atoms with Crippen molar-refractivity contribution in [2.45, 2.75) is 32.7 Å². The van der Waals surface area contributed by atoms with Crippen molar-refractivity contribution < 1.29 is 9.84 Å². The molecule has 1 aliphatic heterocycles. The maximum atomic E-state index is 9.16. The highest BCUT2D eigenvalue weighted by atomic mass is 35.5. The van der Waals surface area contributed by atoms with Crippen LogP contribution in [0.5, 0.6) is 5.75 Å². The number of rotatable bonds is 7. The van der Waals surface area contributed by atoms with E-state index in [-0.39, 0.29) is 6.61 Å². The third kappa shape index (κ3) is 3.85. The van der Waals surface area contributed by atoms with Crippen LogP contribution >= 0.6 is 11.6 Å². The van der Waals surface area contributed by atoms with Crippen LogP contribution in [0.25, 0.3) is 0 Å². The van der Waals surface area contributed by atoms with Crippen LogP contribution in [0.1, 0.15) is 30.9 Å². The number of hydrogen-bond donors (Lipinski definition) is 1. The molecule has 0 atom stereocenters. The lowest BCUT2D eigenvalue weighted by molar-refractivity contribution is 0.186. The minimum Gasteiger partial charge on any atom is -0.493 e. The molecule has 3 nitrogen and oxygen atoms in total. The molecule has 0 unspecified atom stereocenters. The standard InChI is InChI=1S/C15H22ClNO2/c1-2-3-5-17(6-7-18)11-13-10-14(16)9-12-4-8-19-15(12)13/h9-10,18H,2-8,11H2,1H3. The van der Waals surface area contributed by atoms with Gasteiger partial charge in [0.1, 0.15) is 5.75 Å². The molecule has 0 radical (unpaired) electrons. The van der Waals surface area contributed by atoms with Crippen LogP contribution < -0.4 is 4.74 Å². The highest BCUT2D eigenvalue weighted by Crippen LogP contribution is 2.33. The van der Waals surface area contributed by atoms with Gasteiger partial charge in [-0.25, -0.2) is 0 Å². The van der Waals surface area contributed by atoms with E-state index in [2.05, 4.69) is 11.8 Å². The topological polar surface area (TPSA) is 32.7 Å². The molecule has 0 amide bonds. The summed E-state index contributed by atoms with van der Waals surface area (Å²) in [7, 11) is 0. The van der Waals surface area contributed by atoms with Crippen LogP contribution in [0.4, 0.5) is 0 Å². The molecular formula is C15H22ClNO2. The summed E-state index contributed by atoms with van der Waals surface area (Å²) in [5.74, 6) is 1.00. The fourth-order valence-electron chi connectivity index (χ4n) is 2.50. The van der Waals surface area contributed by atoms with E-state index >= 15 is 0 Å². The zero-order chi connectivity index (χ0) is 13.7. The molecule has 106 valence electrons. The normalized spacial score (nSPS) is 13.7. The van der Waals surface area contributed by atoms with Gasteiger partial charge in [-0.2, -0.15) is 0 Å². The quantitative estimate of drug-likeness (QED) is 0.835. The molecule has 0 spiro atoms. The Morgan fingerprint density at radius 2 is 2.21 bits per heavy atom. The van der Waals surface area contributed by atoms with Crippen LogP contribution in [0, 0.1) is 0 Å². The van der Waals surface area contributed by atoms with Crippen molar-refractivity contribution in [3.8, 4) is 5.75 Å². The molecule has 0 aliphatic carbocycles. The van der Waals surface area contributed by atoms with Gasteiger partial charge in [0.2, 0.25) is 0 Å². The number of fused-ring (bicyclic) bond motifs is 1.